The predicted molar refractivity (Wildman–Crippen MR) is 101 cm³/mol. The van der Waals surface area contributed by atoms with Crippen molar-refractivity contribution in [3.63, 3.8) is 0 Å². The van der Waals surface area contributed by atoms with Gasteiger partial charge in [-0.2, -0.15) is 4.99 Å². The van der Waals surface area contributed by atoms with Crippen molar-refractivity contribution < 1.29 is 14.3 Å². The number of carbonyl (C=O) groups is 2. The summed E-state index contributed by atoms with van der Waals surface area (Å²) in [4.78, 5) is 29.1. The van der Waals surface area contributed by atoms with E-state index in [1.54, 1.807) is 30.3 Å². The Hall–Kier alpha value is -2.25. The molecule has 2 aromatic carbocycles. The summed E-state index contributed by atoms with van der Waals surface area (Å²) in [7, 11) is 1.35. The monoisotopic (exact) mass is 418 g/mol. The second kappa shape index (κ2) is 7.33. The van der Waals surface area contributed by atoms with Gasteiger partial charge in [0.05, 0.1) is 22.9 Å². The smallest absolute Gasteiger partial charge is 0.337 e. The zero-order valence-corrected chi connectivity index (χ0v) is 16.1. The minimum atomic E-state index is -0.387. The zero-order valence-electron chi connectivity index (χ0n) is 13.7. The van der Waals surface area contributed by atoms with Crippen LogP contribution in [-0.4, -0.2) is 23.6 Å². The molecule has 0 unspecified atom stereocenters. The lowest BCUT2D eigenvalue weighted by Crippen LogP contribution is -2.15. The normalized spacial score (nSPS) is 11.7. The Kier molecular flexibility index (Phi) is 5.15. The van der Waals surface area contributed by atoms with Crippen molar-refractivity contribution in [1.29, 1.82) is 0 Å². The third-order valence-electron chi connectivity index (χ3n) is 3.69. The molecular formula is C18H15BrN2O3S. The molecule has 0 spiro atoms. The third-order valence-corrected chi connectivity index (χ3v) is 5.22. The van der Waals surface area contributed by atoms with Crippen LogP contribution in [-0.2, 0) is 11.3 Å². The molecule has 1 amide bonds. The summed E-state index contributed by atoms with van der Waals surface area (Å²) < 4.78 is 8.42. The number of aromatic nitrogens is 1. The van der Waals surface area contributed by atoms with Crippen LogP contribution in [0.5, 0.6) is 0 Å². The van der Waals surface area contributed by atoms with E-state index in [0.29, 0.717) is 22.5 Å². The molecule has 5 nitrogen and oxygen atoms in total. The molecule has 1 aromatic heterocycles. The highest BCUT2D eigenvalue weighted by Crippen LogP contribution is 2.20. The van der Waals surface area contributed by atoms with Crippen LogP contribution >= 0.6 is 27.3 Å². The fourth-order valence-electron chi connectivity index (χ4n) is 2.48. The lowest BCUT2D eigenvalue weighted by molar-refractivity contribution is 0.0601. The molecule has 0 bridgehead atoms. The highest BCUT2D eigenvalue weighted by Gasteiger charge is 2.12. The second-order valence-corrected chi connectivity index (χ2v) is 7.16. The SMILES string of the molecule is CCn1c(=NC(=O)c2cccc(Br)c2)sc2cc(C(=O)OC)ccc21. The summed E-state index contributed by atoms with van der Waals surface area (Å²) >= 11 is 4.73. The van der Waals surface area contributed by atoms with Gasteiger partial charge in [0, 0.05) is 16.6 Å². The first-order valence-electron chi connectivity index (χ1n) is 7.60. The highest BCUT2D eigenvalue weighted by atomic mass is 79.9. The van der Waals surface area contributed by atoms with E-state index < -0.39 is 0 Å². The molecule has 3 rings (SSSR count). The van der Waals surface area contributed by atoms with Gasteiger partial charge >= 0.3 is 5.97 Å². The molecule has 128 valence electrons. The molecule has 0 radical (unpaired) electrons. The molecule has 0 N–H and O–H groups in total. The van der Waals surface area contributed by atoms with E-state index >= 15 is 0 Å². The molecule has 1 heterocycles. The van der Waals surface area contributed by atoms with Crippen molar-refractivity contribution in [2.24, 2.45) is 4.99 Å². The maximum absolute atomic E-state index is 12.5. The topological polar surface area (TPSA) is 60.7 Å². The Balaban J connectivity index is 2.11. The molecule has 0 aliphatic heterocycles. The van der Waals surface area contributed by atoms with Crippen LogP contribution in [0.2, 0.25) is 0 Å². The van der Waals surface area contributed by atoms with Gasteiger partial charge in [0.1, 0.15) is 0 Å². The minimum absolute atomic E-state index is 0.303. The largest absolute Gasteiger partial charge is 0.465 e. The number of aryl methyl sites for hydroxylation is 1. The molecule has 0 atom stereocenters. The molecular weight excluding hydrogens is 404 g/mol. The van der Waals surface area contributed by atoms with Gasteiger partial charge in [-0.25, -0.2) is 4.79 Å². The van der Waals surface area contributed by atoms with Gasteiger partial charge in [0.25, 0.3) is 5.91 Å². The fourth-order valence-corrected chi connectivity index (χ4v) is 4.01. The first-order chi connectivity index (χ1) is 12.0. The second-order valence-electron chi connectivity index (χ2n) is 5.23. The van der Waals surface area contributed by atoms with Crippen LogP contribution in [0, 0.1) is 0 Å². The number of halogens is 1. The molecule has 3 aromatic rings. The van der Waals surface area contributed by atoms with E-state index in [1.165, 1.54) is 18.4 Å². The fraction of sp³-hybridized carbons (Fsp3) is 0.167. The Bertz CT molecular complexity index is 1040. The number of rotatable bonds is 3. The number of methoxy groups -OCH3 is 1. The van der Waals surface area contributed by atoms with E-state index in [0.717, 1.165) is 14.7 Å². The van der Waals surface area contributed by atoms with Gasteiger partial charge < -0.3 is 9.30 Å². The quantitative estimate of drug-likeness (QED) is 0.603. The number of carbonyl (C=O) groups excluding carboxylic acids is 2. The van der Waals surface area contributed by atoms with Crippen molar-refractivity contribution in [2.45, 2.75) is 13.5 Å². The Morgan fingerprint density at radius 2 is 2.00 bits per heavy atom. The van der Waals surface area contributed by atoms with E-state index in [9.17, 15) is 9.59 Å². The third kappa shape index (κ3) is 3.57. The van der Waals surface area contributed by atoms with E-state index in [1.807, 2.05) is 23.6 Å². The maximum atomic E-state index is 12.5. The number of thiazole rings is 1. The Morgan fingerprint density at radius 1 is 1.20 bits per heavy atom. The van der Waals surface area contributed by atoms with Crippen LogP contribution in [0.25, 0.3) is 10.2 Å². The summed E-state index contributed by atoms with van der Waals surface area (Å²) in [6.45, 7) is 2.66. The lowest BCUT2D eigenvalue weighted by atomic mass is 10.2. The molecule has 0 saturated carbocycles. The van der Waals surface area contributed by atoms with E-state index in [4.69, 9.17) is 4.74 Å². The molecule has 0 fully saturated rings. The molecule has 0 aliphatic rings. The zero-order chi connectivity index (χ0) is 18.0. The first-order valence-corrected chi connectivity index (χ1v) is 9.20. The number of ether oxygens (including phenoxy) is 1. The van der Waals surface area contributed by atoms with E-state index in [2.05, 4.69) is 20.9 Å². The first kappa shape index (κ1) is 17.6. The van der Waals surface area contributed by atoms with Crippen LogP contribution in [0.4, 0.5) is 0 Å². The van der Waals surface area contributed by atoms with Crippen LogP contribution in [0.3, 0.4) is 0 Å². The number of benzene rings is 2. The maximum Gasteiger partial charge on any atom is 0.337 e. The van der Waals surface area contributed by atoms with Crippen LogP contribution in [0.1, 0.15) is 27.6 Å². The Labute approximate surface area is 156 Å². The number of esters is 1. The Morgan fingerprint density at radius 3 is 2.68 bits per heavy atom. The molecule has 25 heavy (non-hydrogen) atoms. The average molecular weight is 419 g/mol. The van der Waals surface area contributed by atoms with Gasteiger partial charge in [-0.3, -0.25) is 4.79 Å². The molecule has 0 saturated heterocycles. The molecule has 0 aliphatic carbocycles. The van der Waals surface area contributed by atoms with Gasteiger partial charge in [0.15, 0.2) is 4.80 Å². The van der Waals surface area contributed by atoms with Crippen molar-refractivity contribution in [1.82, 2.24) is 4.57 Å². The summed E-state index contributed by atoms with van der Waals surface area (Å²) in [5, 5.41) is 0. The average Bonchev–Trinajstić information content (AvgIpc) is 2.96. The highest BCUT2D eigenvalue weighted by molar-refractivity contribution is 9.10. The summed E-state index contributed by atoms with van der Waals surface area (Å²) in [5.74, 6) is -0.690. The summed E-state index contributed by atoms with van der Waals surface area (Å²) in [6, 6.07) is 12.5. The van der Waals surface area contributed by atoms with Gasteiger partial charge in [-0.05, 0) is 43.3 Å². The lowest BCUT2D eigenvalue weighted by Gasteiger charge is -2.02. The van der Waals surface area contributed by atoms with Crippen LogP contribution in [0.15, 0.2) is 51.9 Å². The predicted octanol–water partition coefficient (Wildman–Crippen LogP) is 4.01. The standard InChI is InChI=1S/C18H15BrN2O3S/c1-3-21-14-8-7-12(17(23)24-2)10-15(14)25-18(21)20-16(22)11-5-4-6-13(19)9-11/h4-10H,3H2,1-2H3. The number of amides is 1. The van der Waals surface area contributed by atoms with E-state index in [-0.39, 0.29) is 11.9 Å². The van der Waals surface area contributed by atoms with Crippen molar-refractivity contribution >= 4 is 49.4 Å². The molecule has 7 heteroatoms. The summed E-state index contributed by atoms with van der Waals surface area (Å²) in [5.41, 5.74) is 1.93. The van der Waals surface area contributed by atoms with Crippen molar-refractivity contribution in [3.05, 3.63) is 62.9 Å². The minimum Gasteiger partial charge on any atom is -0.465 e. The van der Waals surface area contributed by atoms with Gasteiger partial charge in [0.2, 0.25) is 0 Å². The van der Waals surface area contributed by atoms with Crippen molar-refractivity contribution in [3.8, 4) is 0 Å². The van der Waals surface area contributed by atoms with Gasteiger partial charge in [-0.15, -0.1) is 0 Å². The number of fused-ring (bicyclic) bond motifs is 1. The van der Waals surface area contributed by atoms with Crippen molar-refractivity contribution in [2.75, 3.05) is 7.11 Å². The number of hydrogen-bond acceptors (Lipinski definition) is 4. The summed E-state index contributed by atoms with van der Waals surface area (Å²) in [6.07, 6.45) is 0. The van der Waals surface area contributed by atoms with Crippen LogP contribution < -0.4 is 4.80 Å². The number of hydrogen-bond donors (Lipinski definition) is 0. The van der Waals surface area contributed by atoms with Gasteiger partial charge in [-0.1, -0.05) is 33.3 Å². The number of nitrogens with zero attached hydrogens (tertiary/aromatic N) is 2.